The highest BCUT2D eigenvalue weighted by Crippen LogP contribution is 2.11. The predicted octanol–water partition coefficient (Wildman–Crippen LogP) is 2.90. The maximum Gasteiger partial charge on any atom is 0.224 e. The van der Waals surface area contributed by atoms with Crippen LogP contribution in [0.15, 0.2) is 54.6 Å². The van der Waals surface area contributed by atoms with Crippen LogP contribution in [0.4, 0.5) is 0 Å². The summed E-state index contributed by atoms with van der Waals surface area (Å²) in [7, 11) is 0. The molecule has 0 fully saturated rings. The summed E-state index contributed by atoms with van der Waals surface area (Å²) in [4.78, 5) is 12.0. The zero-order chi connectivity index (χ0) is 15.1. The molecule has 0 bridgehead atoms. The van der Waals surface area contributed by atoms with Crippen molar-refractivity contribution in [3.8, 4) is 5.75 Å². The van der Waals surface area contributed by atoms with E-state index >= 15 is 0 Å². The average Bonchev–Trinajstić information content (AvgIpc) is 2.47. The highest BCUT2D eigenvalue weighted by molar-refractivity contribution is 6.18. The fourth-order valence-electron chi connectivity index (χ4n) is 2.17. The molecule has 2 aromatic rings. The number of phenolic OH excluding ortho intramolecular Hbond substituents is 1. The van der Waals surface area contributed by atoms with Gasteiger partial charge >= 0.3 is 0 Å². The molecule has 2 N–H and O–H groups in total. The molecule has 1 amide bonds. The van der Waals surface area contributed by atoms with Crippen LogP contribution in [-0.4, -0.2) is 22.9 Å². The summed E-state index contributed by atoms with van der Waals surface area (Å²) in [5.41, 5.74) is 1.92. The summed E-state index contributed by atoms with van der Waals surface area (Å²) >= 11 is 5.94. The van der Waals surface area contributed by atoms with Crippen molar-refractivity contribution in [1.82, 2.24) is 5.32 Å². The van der Waals surface area contributed by atoms with Gasteiger partial charge in [0.15, 0.2) is 0 Å². The van der Waals surface area contributed by atoms with Gasteiger partial charge in [-0.3, -0.25) is 4.79 Å². The van der Waals surface area contributed by atoms with Crippen molar-refractivity contribution in [3.05, 3.63) is 65.7 Å². The monoisotopic (exact) mass is 303 g/mol. The van der Waals surface area contributed by atoms with E-state index in [1.54, 1.807) is 18.2 Å². The Morgan fingerprint density at radius 2 is 1.81 bits per heavy atom. The van der Waals surface area contributed by atoms with Crippen molar-refractivity contribution < 1.29 is 9.90 Å². The predicted molar refractivity (Wildman–Crippen MR) is 84.6 cm³/mol. The highest BCUT2D eigenvalue weighted by Gasteiger charge is 2.12. The minimum Gasteiger partial charge on any atom is -0.508 e. The van der Waals surface area contributed by atoms with Gasteiger partial charge in [-0.05, 0) is 29.7 Å². The van der Waals surface area contributed by atoms with Crippen LogP contribution in [0.2, 0.25) is 0 Å². The fourth-order valence-corrected chi connectivity index (χ4v) is 2.36. The van der Waals surface area contributed by atoms with Crippen molar-refractivity contribution in [2.24, 2.45) is 0 Å². The molecule has 21 heavy (non-hydrogen) atoms. The Morgan fingerprint density at radius 1 is 1.10 bits per heavy atom. The second-order valence-electron chi connectivity index (χ2n) is 4.96. The lowest BCUT2D eigenvalue weighted by molar-refractivity contribution is -0.121. The smallest absolute Gasteiger partial charge is 0.224 e. The van der Waals surface area contributed by atoms with E-state index in [1.807, 2.05) is 36.4 Å². The standard InChI is InChI=1S/C17H18ClNO2/c18-12-15(9-13-5-2-1-3-6-13)19-17(21)11-14-7-4-8-16(20)10-14/h1-8,10,15,20H,9,11-12H2,(H,19,21). The molecule has 2 rings (SSSR count). The summed E-state index contributed by atoms with van der Waals surface area (Å²) in [5, 5.41) is 12.3. The quantitative estimate of drug-likeness (QED) is 0.806. The number of rotatable bonds is 6. The number of hydrogen-bond donors (Lipinski definition) is 2. The van der Waals surface area contributed by atoms with Crippen molar-refractivity contribution in [1.29, 1.82) is 0 Å². The lowest BCUT2D eigenvalue weighted by Crippen LogP contribution is -2.38. The highest BCUT2D eigenvalue weighted by atomic mass is 35.5. The van der Waals surface area contributed by atoms with Crippen LogP contribution in [0.25, 0.3) is 0 Å². The molecule has 0 spiro atoms. The zero-order valence-corrected chi connectivity index (χ0v) is 12.4. The van der Waals surface area contributed by atoms with Crippen LogP contribution < -0.4 is 5.32 Å². The molecule has 0 saturated carbocycles. The zero-order valence-electron chi connectivity index (χ0n) is 11.6. The number of carbonyl (C=O) groups is 1. The Hall–Kier alpha value is -2.00. The van der Waals surface area contributed by atoms with Crippen LogP contribution in [0.3, 0.4) is 0 Å². The van der Waals surface area contributed by atoms with Crippen LogP contribution >= 0.6 is 11.6 Å². The minimum atomic E-state index is -0.0983. The SMILES string of the molecule is O=C(Cc1cccc(O)c1)NC(CCl)Cc1ccccc1. The number of carbonyl (C=O) groups excluding carboxylic acids is 1. The average molecular weight is 304 g/mol. The molecule has 0 aliphatic rings. The first-order chi connectivity index (χ1) is 10.2. The summed E-state index contributed by atoms with van der Waals surface area (Å²) in [6.07, 6.45) is 0.937. The Bertz CT molecular complexity index is 586. The van der Waals surface area contributed by atoms with Gasteiger partial charge in [-0.1, -0.05) is 42.5 Å². The number of phenols is 1. The number of nitrogens with one attached hydrogen (secondary N) is 1. The second-order valence-corrected chi connectivity index (χ2v) is 5.26. The Morgan fingerprint density at radius 3 is 2.48 bits per heavy atom. The fraction of sp³-hybridized carbons (Fsp3) is 0.235. The van der Waals surface area contributed by atoms with Crippen molar-refractivity contribution in [3.63, 3.8) is 0 Å². The van der Waals surface area contributed by atoms with Gasteiger partial charge in [0.25, 0.3) is 0 Å². The lowest BCUT2D eigenvalue weighted by Gasteiger charge is -2.16. The lowest BCUT2D eigenvalue weighted by atomic mass is 10.1. The number of halogens is 1. The van der Waals surface area contributed by atoms with Gasteiger partial charge in [0.05, 0.1) is 6.42 Å². The largest absolute Gasteiger partial charge is 0.508 e. The number of hydrogen-bond acceptors (Lipinski definition) is 2. The molecule has 3 nitrogen and oxygen atoms in total. The summed E-state index contributed by atoms with van der Waals surface area (Å²) in [6, 6.07) is 16.5. The first kappa shape index (κ1) is 15.4. The molecule has 0 heterocycles. The van der Waals surface area contributed by atoms with Crippen molar-refractivity contribution in [2.45, 2.75) is 18.9 Å². The molecule has 4 heteroatoms. The Labute approximate surface area is 129 Å². The first-order valence-electron chi connectivity index (χ1n) is 6.84. The van der Waals surface area contributed by atoms with E-state index in [9.17, 15) is 9.90 Å². The maximum atomic E-state index is 12.0. The van der Waals surface area contributed by atoms with E-state index in [-0.39, 0.29) is 24.1 Å². The van der Waals surface area contributed by atoms with Crippen LogP contribution in [0, 0.1) is 0 Å². The van der Waals surface area contributed by atoms with Crippen molar-refractivity contribution in [2.75, 3.05) is 5.88 Å². The van der Waals surface area contributed by atoms with E-state index < -0.39 is 0 Å². The molecule has 110 valence electrons. The van der Waals surface area contributed by atoms with E-state index in [0.717, 1.165) is 11.1 Å². The molecule has 0 aliphatic heterocycles. The van der Waals surface area contributed by atoms with Crippen molar-refractivity contribution >= 4 is 17.5 Å². The van der Waals surface area contributed by atoms with Crippen LogP contribution in [0.1, 0.15) is 11.1 Å². The summed E-state index contributed by atoms with van der Waals surface area (Å²) in [5.74, 6) is 0.432. The molecule has 1 atom stereocenters. The minimum absolute atomic E-state index is 0.0952. The van der Waals surface area contributed by atoms with E-state index in [4.69, 9.17) is 11.6 Å². The normalized spacial score (nSPS) is 11.9. The van der Waals surface area contributed by atoms with Gasteiger partial charge in [-0.2, -0.15) is 0 Å². The number of alkyl halides is 1. The van der Waals surface area contributed by atoms with Gasteiger partial charge in [0.2, 0.25) is 5.91 Å². The van der Waals surface area contributed by atoms with E-state index in [2.05, 4.69) is 5.32 Å². The maximum absolute atomic E-state index is 12.0. The molecule has 0 saturated heterocycles. The van der Waals surface area contributed by atoms with Gasteiger partial charge in [0.1, 0.15) is 5.75 Å². The third-order valence-corrected chi connectivity index (χ3v) is 3.52. The molecule has 1 unspecified atom stereocenters. The third-order valence-electron chi connectivity index (χ3n) is 3.15. The van der Waals surface area contributed by atoms with Gasteiger partial charge < -0.3 is 10.4 Å². The van der Waals surface area contributed by atoms with Crippen LogP contribution in [0.5, 0.6) is 5.75 Å². The Kier molecular flexibility index (Phi) is 5.64. The van der Waals surface area contributed by atoms with E-state index in [1.165, 1.54) is 0 Å². The van der Waals surface area contributed by atoms with Crippen LogP contribution in [-0.2, 0) is 17.6 Å². The van der Waals surface area contributed by atoms with Gasteiger partial charge in [-0.15, -0.1) is 11.6 Å². The van der Waals surface area contributed by atoms with Gasteiger partial charge in [-0.25, -0.2) is 0 Å². The summed E-state index contributed by atoms with van der Waals surface area (Å²) in [6.45, 7) is 0. The first-order valence-corrected chi connectivity index (χ1v) is 7.38. The van der Waals surface area contributed by atoms with Gasteiger partial charge in [0, 0.05) is 11.9 Å². The number of amides is 1. The Balaban J connectivity index is 1.90. The molecular weight excluding hydrogens is 286 g/mol. The molecule has 0 aliphatic carbocycles. The summed E-state index contributed by atoms with van der Waals surface area (Å²) < 4.78 is 0. The molecule has 2 aromatic carbocycles. The molecule has 0 radical (unpaired) electrons. The number of benzene rings is 2. The topological polar surface area (TPSA) is 49.3 Å². The second kappa shape index (κ2) is 7.70. The molecular formula is C17H18ClNO2. The number of aromatic hydroxyl groups is 1. The third kappa shape index (κ3) is 5.12. The molecule has 0 aromatic heterocycles. The van der Waals surface area contributed by atoms with E-state index in [0.29, 0.717) is 12.3 Å².